The molecule has 0 radical (unpaired) electrons. The molecule has 2 rings (SSSR count). The van der Waals surface area contributed by atoms with Crippen molar-refractivity contribution in [3.63, 3.8) is 0 Å². The predicted molar refractivity (Wildman–Crippen MR) is 84.6 cm³/mol. The van der Waals surface area contributed by atoms with Gasteiger partial charge in [-0.25, -0.2) is 0 Å². The summed E-state index contributed by atoms with van der Waals surface area (Å²) in [6, 6.07) is 6.18. The first-order chi connectivity index (χ1) is 10.1. The molecule has 0 aromatic heterocycles. The number of rotatable bonds is 5. The number of nitrogens with zero attached hydrogens (tertiary/aromatic N) is 1. The fraction of sp³-hybridized carbons (Fsp3) is 0.588. The molecular weight excluding hydrogens is 264 g/mol. The Bertz CT molecular complexity index is 461. The summed E-state index contributed by atoms with van der Waals surface area (Å²) in [7, 11) is 1.86. The lowest BCUT2D eigenvalue weighted by atomic mass is 9.98. The predicted octanol–water partition coefficient (Wildman–Crippen LogP) is 2.14. The number of benzene rings is 1. The van der Waals surface area contributed by atoms with Crippen molar-refractivity contribution in [2.45, 2.75) is 26.7 Å². The number of amides is 1. The lowest BCUT2D eigenvalue weighted by molar-refractivity contribution is -0.135. The summed E-state index contributed by atoms with van der Waals surface area (Å²) < 4.78 is 5.77. The normalized spacial score (nSPS) is 18.3. The highest BCUT2D eigenvalue weighted by atomic mass is 16.5. The fourth-order valence-electron chi connectivity index (χ4n) is 2.80. The zero-order valence-corrected chi connectivity index (χ0v) is 13.3. The number of hydrogen-bond acceptors (Lipinski definition) is 3. The summed E-state index contributed by atoms with van der Waals surface area (Å²) in [5, 5.41) is 3.29. The van der Waals surface area contributed by atoms with E-state index in [-0.39, 0.29) is 11.8 Å². The number of ether oxygens (including phenoxy) is 1. The van der Waals surface area contributed by atoms with Crippen LogP contribution in [0, 0.1) is 19.8 Å². The fourth-order valence-corrected chi connectivity index (χ4v) is 2.80. The average molecular weight is 290 g/mol. The van der Waals surface area contributed by atoms with Crippen molar-refractivity contribution in [3.8, 4) is 5.75 Å². The van der Waals surface area contributed by atoms with E-state index in [1.165, 1.54) is 11.1 Å². The van der Waals surface area contributed by atoms with Crippen molar-refractivity contribution in [2.24, 2.45) is 5.92 Å². The van der Waals surface area contributed by atoms with Crippen molar-refractivity contribution in [2.75, 3.05) is 33.3 Å². The van der Waals surface area contributed by atoms with Gasteiger partial charge in [0.15, 0.2) is 0 Å². The van der Waals surface area contributed by atoms with E-state index >= 15 is 0 Å². The van der Waals surface area contributed by atoms with Crippen LogP contribution < -0.4 is 10.1 Å². The number of likely N-dealkylation sites (N-methyl/N-ethyl adjacent to an activating group) is 1. The molecule has 0 aliphatic carbocycles. The summed E-state index contributed by atoms with van der Waals surface area (Å²) in [5.41, 5.74) is 2.39. The number of aryl methyl sites for hydroxylation is 2. The van der Waals surface area contributed by atoms with Gasteiger partial charge in [-0.1, -0.05) is 6.07 Å². The Morgan fingerprint density at radius 2 is 2.05 bits per heavy atom. The Morgan fingerprint density at radius 3 is 2.67 bits per heavy atom. The second kappa shape index (κ2) is 7.46. The van der Waals surface area contributed by atoms with Gasteiger partial charge in [0.25, 0.3) is 0 Å². The van der Waals surface area contributed by atoms with Crippen LogP contribution >= 0.6 is 0 Å². The summed E-state index contributed by atoms with van der Waals surface area (Å²) in [6.45, 7) is 7.12. The third-order valence-corrected chi connectivity index (χ3v) is 3.91. The van der Waals surface area contributed by atoms with Crippen LogP contribution in [0.1, 0.15) is 24.0 Å². The van der Waals surface area contributed by atoms with Gasteiger partial charge in [0.1, 0.15) is 12.4 Å². The van der Waals surface area contributed by atoms with Crippen LogP contribution in [0.15, 0.2) is 18.2 Å². The molecule has 1 aliphatic heterocycles. The Kier molecular flexibility index (Phi) is 5.62. The molecule has 1 atom stereocenters. The molecule has 116 valence electrons. The third-order valence-electron chi connectivity index (χ3n) is 3.91. The first-order valence-corrected chi connectivity index (χ1v) is 7.73. The van der Waals surface area contributed by atoms with Crippen LogP contribution in [0.3, 0.4) is 0 Å². The van der Waals surface area contributed by atoms with Crippen molar-refractivity contribution in [1.82, 2.24) is 10.2 Å². The van der Waals surface area contributed by atoms with Gasteiger partial charge in [0.05, 0.1) is 12.5 Å². The maximum atomic E-state index is 12.3. The van der Waals surface area contributed by atoms with E-state index in [9.17, 15) is 4.79 Å². The van der Waals surface area contributed by atoms with Crippen LogP contribution in [0.2, 0.25) is 0 Å². The van der Waals surface area contributed by atoms with E-state index < -0.39 is 0 Å². The maximum absolute atomic E-state index is 12.3. The SMILES string of the molecule is Cc1cc(C)cc(OCCN(C)C(=O)[C@@H]2CCCNC2)c1. The average Bonchev–Trinajstić information content (AvgIpc) is 2.46. The summed E-state index contributed by atoms with van der Waals surface area (Å²) in [6.07, 6.45) is 2.08. The minimum absolute atomic E-state index is 0.130. The highest BCUT2D eigenvalue weighted by Gasteiger charge is 2.23. The first kappa shape index (κ1) is 15.8. The van der Waals surface area contributed by atoms with Gasteiger partial charge in [-0.15, -0.1) is 0 Å². The molecule has 4 nitrogen and oxygen atoms in total. The standard InChI is InChI=1S/C17H26N2O2/c1-13-9-14(2)11-16(10-13)21-8-7-19(3)17(20)15-5-4-6-18-12-15/h9-11,15,18H,4-8,12H2,1-3H3/t15-/m1/s1. The lowest BCUT2D eigenvalue weighted by Crippen LogP contribution is -2.42. The van der Waals surface area contributed by atoms with Crippen LogP contribution in [0.4, 0.5) is 0 Å². The number of hydrogen-bond donors (Lipinski definition) is 1. The lowest BCUT2D eigenvalue weighted by Gasteiger charge is -2.27. The second-order valence-electron chi connectivity index (χ2n) is 5.97. The molecule has 1 aromatic carbocycles. The Morgan fingerprint density at radius 1 is 1.33 bits per heavy atom. The molecule has 0 bridgehead atoms. The van der Waals surface area contributed by atoms with E-state index in [1.807, 2.05) is 19.2 Å². The zero-order valence-electron chi connectivity index (χ0n) is 13.3. The summed E-state index contributed by atoms with van der Waals surface area (Å²) in [4.78, 5) is 14.1. The van der Waals surface area contributed by atoms with E-state index in [4.69, 9.17) is 4.74 Å². The second-order valence-corrected chi connectivity index (χ2v) is 5.97. The molecule has 1 N–H and O–H groups in total. The first-order valence-electron chi connectivity index (χ1n) is 7.73. The van der Waals surface area contributed by atoms with Crippen LogP contribution in [0.25, 0.3) is 0 Å². The molecule has 1 amide bonds. The zero-order chi connectivity index (χ0) is 15.2. The molecule has 1 saturated heterocycles. The number of piperidine rings is 1. The van der Waals surface area contributed by atoms with Gasteiger partial charge >= 0.3 is 0 Å². The maximum Gasteiger partial charge on any atom is 0.226 e. The quantitative estimate of drug-likeness (QED) is 0.903. The molecule has 21 heavy (non-hydrogen) atoms. The third kappa shape index (κ3) is 4.74. The molecular formula is C17H26N2O2. The van der Waals surface area contributed by atoms with Crippen molar-refractivity contribution >= 4 is 5.91 Å². The number of carbonyl (C=O) groups is 1. The molecule has 1 aliphatic rings. The van der Waals surface area contributed by atoms with Crippen molar-refractivity contribution in [3.05, 3.63) is 29.3 Å². The summed E-state index contributed by atoms with van der Waals surface area (Å²) in [5.74, 6) is 1.24. The van der Waals surface area contributed by atoms with Crippen LogP contribution in [-0.4, -0.2) is 44.1 Å². The van der Waals surface area contributed by atoms with Crippen molar-refractivity contribution < 1.29 is 9.53 Å². The van der Waals surface area contributed by atoms with E-state index in [1.54, 1.807) is 4.90 Å². The van der Waals surface area contributed by atoms with Gasteiger partial charge < -0.3 is 15.0 Å². The minimum Gasteiger partial charge on any atom is -0.492 e. The molecule has 1 aromatic rings. The van der Waals surface area contributed by atoms with E-state index in [2.05, 4.69) is 25.2 Å². The van der Waals surface area contributed by atoms with Crippen LogP contribution in [-0.2, 0) is 4.79 Å². The highest BCUT2D eigenvalue weighted by Crippen LogP contribution is 2.16. The number of carbonyl (C=O) groups excluding carboxylic acids is 1. The van der Waals surface area contributed by atoms with Gasteiger partial charge in [-0.3, -0.25) is 4.79 Å². The Labute approximate surface area is 127 Å². The largest absolute Gasteiger partial charge is 0.492 e. The minimum atomic E-state index is 0.130. The smallest absolute Gasteiger partial charge is 0.226 e. The molecule has 0 unspecified atom stereocenters. The molecule has 1 fully saturated rings. The molecule has 0 spiro atoms. The molecule has 0 saturated carbocycles. The van der Waals surface area contributed by atoms with E-state index in [0.29, 0.717) is 13.2 Å². The highest BCUT2D eigenvalue weighted by molar-refractivity contribution is 5.78. The number of nitrogens with one attached hydrogen (secondary N) is 1. The molecule has 4 heteroatoms. The Hall–Kier alpha value is -1.55. The summed E-state index contributed by atoms with van der Waals surface area (Å²) >= 11 is 0. The van der Waals surface area contributed by atoms with Gasteiger partial charge in [-0.2, -0.15) is 0 Å². The van der Waals surface area contributed by atoms with Crippen LogP contribution in [0.5, 0.6) is 5.75 Å². The Balaban J connectivity index is 1.78. The van der Waals surface area contributed by atoms with E-state index in [0.717, 1.165) is 31.7 Å². The topological polar surface area (TPSA) is 41.6 Å². The van der Waals surface area contributed by atoms with Gasteiger partial charge in [0.2, 0.25) is 5.91 Å². The monoisotopic (exact) mass is 290 g/mol. The van der Waals surface area contributed by atoms with Gasteiger partial charge in [-0.05, 0) is 56.5 Å². The van der Waals surface area contributed by atoms with Crippen molar-refractivity contribution in [1.29, 1.82) is 0 Å². The van der Waals surface area contributed by atoms with Gasteiger partial charge in [0, 0.05) is 13.6 Å². The molecule has 1 heterocycles.